The van der Waals surface area contributed by atoms with Crippen LogP contribution in [0.4, 0.5) is 0 Å². The molecule has 1 aromatic carbocycles. The van der Waals surface area contributed by atoms with E-state index in [2.05, 4.69) is 57.3 Å². The fraction of sp³-hybridized carbons (Fsp3) is 0.684. The molecule has 1 N–H and O–H groups in total. The summed E-state index contributed by atoms with van der Waals surface area (Å²) < 4.78 is 0. The highest BCUT2D eigenvalue weighted by Crippen LogP contribution is 2.44. The maximum Gasteiger partial charge on any atom is 0.0107 e. The first-order valence-electron chi connectivity index (χ1n) is 8.47. The molecular formula is C19H31N. The van der Waals surface area contributed by atoms with E-state index in [1.807, 2.05) is 0 Å². The van der Waals surface area contributed by atoms with E-state index in [4.69, 9.17) is 0 Å². The first kappa shape index (κ1) is 15.6. The van der Waals surface area contributed by atoms with Crippen LogP contribution in [0.5, 0.6) is 0 Å². The molecule has 112 valence electrons. The van der Waals surface area contributed by atoms with Gasteiger partial charge < -0.3 is 5.32 Å². The van der Waals surface area contributed by atoms with Crippen LogP contribution in [0.3, 0.4) is 0 Å². The van der Waals surface area contributed by atoms with Crippen LogP contribution in [0.25, 0.3) is 0 Å². The van der Waals surface area contributed by atoms with E-state index in [0.717, 1.165) is 23.8 Å². The first-order valence-corrected chi connectivity index (χ1v) is 8.47. The van der Waals surface area contributed by atoms with Crippen LogP contribution in [0, 0.1) is 11.8 Å². The third-order valence-electron chi connectivity index (χ3n) is 4.72. The minimum absolute atomic E-state index is 0.746. The molecule has 3 atom stereocenters. The summed E-state index contributed by atoms with van der Waals surface area (Å²) in [5.74, 6) is 2.36. The lowest BCUT2D eigenvalue weighted by Crippen LogP contribution is -2.49. The molecule has 3 unspecified atom stereocenters. The Hall–Kier alpha value is -0.820. The Morgan fingerprint density at radius 3 is 2.40 bits per heavy atom. The molecule has 0 radical (unpaired) electrons. The zero-order valence-corrected chi connectivity index (χ0v) is 13.7. The second-order valence-electron chi connectivity index (χ2n) is 6.81. The van der Waals surface area contributed by atoms with Gasteiger partial charge in [-0.1, -0.05) is 58.4 Å². The molecule has 0 spiro atoms. The summed E-state index contributed by atoms with van der Waals surface area (Å²) in [6, 6.07) is 10.2. The van der Waals surface area contributed by atoms with Crippen LogP contribution in [0.15, 0.2) is 24.3 Å². The molecule has 20 heavy (non-hydrogen) atoms. The maximum absolute atomic E-state index is 3.71. The van der Waals surface area contributed by atoms with Crippen molar-refractivity contribution in [2.75, 3.05) is 6.54 Å². The molecule has 0 bridgehead atoms. The van der Waals surface area contributed by atoms with E-state index < -0.39 is 0 Å². The number of hydrogen-bond donors (Lipinski definition) is 1. The molecule has 1 aromatic rings. The SMILES string of the molecule is CCCNC1CC(c2ccc(CC(C)C)cc2)C1CC. The molecule has 1 aliphatic rings. The molecule has 0 amide bonds. The predicted octanol–water partition coefficient (Wildman–Crippen LogP) is 4.77. The molecular weight excluding hydrogens is 242 g/mol. The highest BCUT2D eigenvalue weighted by Gasteiger charge is 2.39. The second-order valence-corrected chi connectivity index (χ2v) is 6.81. The van der Waals surface area contributed by atoms with Crippen molar-refractivity contribution in [2.45, 2.75) is 65.3 Å². The Morgan fingerprint density at radius 2 is 1.85 bits per heavy atom. The summed E-state index contributed by atoms with van der Waals surface area (Å²) in [6.07, 6.45) is 5.05. The monoisotopic (exact) mass is 273 g/mol. The smallest absolute Gasteiger partial charge is 0.0107 e. The van der Waals surface area contributed by atoms with Crippen molar-refractivity contribution < 1.29 is 0 Å². The molecule has 2 rings (SSSR count). The first-order chi connectivity index (χ1) is 9.65. The second kappa shape index (κ2) is 7.26. The van der Waals surface area contributed by atoms with Crippen LogP contribution < -0.4 is 5.32 Å². The summed E-state index contributed by atoms with van der Waals surface area (Å²) >= 11 is 0. The van der Waals surface area contributed by atoms with Crippen LogP contribution in [0.1, 0.15) is 64.0 Å². The Labute approximate surface area is 125 Å². The Kier molecular flexibility index (Phi) is 5.65. The summed E-state index contributed by atoms with van der Waals surface area (Å²) in [5, 5.41) is 3.71. The van der Waals surface area contributed by atoms with Crippen molar-refractivity contribution in [3.05, 3.63) is 35.4 Å². The van der Waals surface area contributed by atoms with Gasteiger partial charge in [0.15, 0.2) is 0 Å². The van der Waals surface area contributed by atoms with Crippen LogP contribution in [-0.4, -0.2) is 12.6 Å². The quantitative estimate of drug-likeness (QED) is 0.755. The maximum atomic E-state index is 3.71. The average Bonchev–Trinajstić information content (AvgIpc) is 2.39. The standard InChI is InChI=1S/C19H31N/c1-5-11-20-19-13-18(17(19)6-2)16-9-7-15(8-10-16)12-14(3)4/h7-10,14,17-20H,5-6,11-13H2,1-4H3. The van der Waals surface area contributed by atoms with Gasteiger partial charge in [0.1, 0.15) is 0 Å². The Balaban J connectivity index is 1.95. The van der Waals surface area contributed by atoms with Crippen LogP contribution in [-0.2, 0) is 6.42 Å². The summed E-state index contributed by atoms with van der Waals surface area (Å²) in [5.41, 5.74) is 3.04. The van der Waals surface area contributed by atoms with Gasteiger partial charge in [-0.2, -0.15) is 0 Å². The van der Waals surface area contributed by atoms with Crippen LogP contribution >= 0.6 is 0 Å². The van der Waals surface area contributed by atoms with Crippen molar-refractivity contribution in [3.8, 4) is 0 Å². The van der Waals surface area contributed by atoms with E-state index >= 15 is 0 Å². The molecule has 1 heteroatoms. The van der Waals surface area contributed by atoms with Gasteiger partial charge in [0.2, 0.25) is 0 Å². The molecule has 1 aliphatic carbocycles. The lowest BCUT2D eigenvalue weighted by Gasteiger charge is -2.45. The van der Waals surface area contributed by atoms with Gasteiger partial charge in [-0.3, -0.25) is 0 Å². The van der Waals surface area contributed by atoms with Crippen molar-refractivity contribution in [1.82, 2.24) is 5.32 Å². The summed E-state index contributed by atoms with van der Waals surface area (Å²) in [6.45, 7) is 10.3. The minimum Gasteiger partial charge on any atom is -0.314 e. The zero-order chi connectivity index (χ0) is 14.5. The summed E-state index contributed by atoms with van der Waals surface area (Å²) in [7, 11) is 0. The number of nitrogens with one attached hydrogen (secondary N) is 1. The van der Waals surface area contributed by atoms with Gasteiger partial charge in [0.25, 0.3) is 0 Å². The van der Waals surface area contributed by atoms with E-state index in [1.54, 1.807) is 5.56 Å². The third-order valence-corrected chi connectivity index (χ3v) is 4.72. The molecule has 0 aliphatic heterocycles. The normalized spacial score (nSPS) is 25.8. The van der Waals surface area contributed by atoms with E-state index in [9.17, 15) is 0 Å². The van der Waals surface area contributed by atoms with Gasteiger partial charge in [0.05, 0.1) is 0 Å². The fourth-order valence-electron chi connectivity index (χ4n) is 3.60. The van der Waals surface area contributed by atoms with Crippen molar-refractivity contribution in [3.63, 3.8) is 0 Å². The average molecular weight is 273 g/mol. The van der Waals surface area contributed by atoms with Gasteiger partial charge in [-0.05, 0) is 54.7 Å². The van der Waals surface area contributed by atoms with Gasteiger partial charge in [-0.25, -0.2) is 0 Å². The molecule has 0 heterocycles. The largest absolute Gasteiger partial charge is 0.314 e. The highest BCUT2D eigenvalue weighted by atomic mass is 14.9. The molecule has 1 saturated carbocycles. The molecule has 1 nitrogen and oxygen atoms in total. The third kappa shape index (κ3) is 3.63. The lowest BCUT2D eigenvalue weighted by atomic mass is 9.65. The topological polar surface area (TPSA) is 12.0 Å². The van der Waals surface area contributed by atoms with E-state index in [0.29, 0.717) is 0 Å². The highest BCUT2D eigenvalue weighted by molar-refractivity contribution is 5.29. The fourth-order valence-corrected chi connectivity index (χ4v) is 3.60. The lowest BCUT2D eigenvalue weighted by molar-refractivity contribution is 0.161. The number of hydrogen-bond acceptors (Lipinski definition) is 1. The number of benzene rings is 1. The van der Waals surface area contributed by atoms with Crippen LogP contribution in [0.2, 0.25) is 0 Å². The Morgan fingerprint density at radius 1 is 1.15 bits per heavy atom. The van der Waals surface area contributed by atoms with Crippen molar-refractivity contribution in [1.29, 1.82) is 0 Å². The van der Waals surface area contributed by atoms with E-state index in [1.165, 1.54) is 37.8 Å². The van der Waals surface area contributed by atoms with E-state index in [-0.39, 0.29) is 0 Å². The minimum atomic E-state index is 0.746. The number of rotatable bonds is 7. The van der Waals surface area contributed by atoms with Crippen molar-refractivity contribution >= 4 is 0 Å². The van der Waals surface area contributed by atoms with Gasteiger partial charge in [-0.15, -0.1) is 0 Å². The molecule has 0 aromatic heterocycles. The molecule has 1 fully saturated rings. The van der Waals surface area contributed by atoms with Crippen molar-refractivity contribution in [2.24, 2.45) is 11.8 Å². The zero-order valence-electron chi connectivity index (χ0n) is 13.7. The Bertz CT molecular complexity index is 393. The van der Waals surface area contributed by atoms with Gasteiger partial charge in [0, 0.05) is 6.04 Å². The summed E-state index contributed by atoms with van der Waals surface area (Å²) in [4.78, 5) is 0. The molecule has 0 saturated heterocycles. The predicted molar refractivity (Wildman–Crippen MR) is 88.2 cm³/mol. The van der Waals surface area contributed by atoms with Gasteiger partial charge >= 0.3 is 0 Å².